The lowest BCUT2D eigenvalue weighted by Crippen LogP contribution is -2.59. The number of carboxylic acids is 1. The average molecular weight is 490 g/mol. The van der Waals surface area contributed by atoms with E-state index < -0.39 is 60.2 Å². The van der Waals surface area contributed by atoms with Crippen LogP contribution in [0.3, 0.4) is 0 Å². The highest BCUT2D eigenvalue weighted by molar-refractivity contribution is 7.98. The summed E-state index contributed by atoms with van der Waals surface area (Å²) in [5, 5.41) is 16.8. The molecule has 8 N–H and O–H groups in total. The van der Waals surface area contributed by atoms with Crippen LogP contribution in [0.15, 0.2) is 0 Å². The summed E-state index contributed by atoms with van der Waals surface area (Å²) < 4.78 is 0. The molecule has 0 heterocycles. The molecule has 0 radical (unpaired) electrons. The lowest BCUT2D eigenvalue weighted by Gasteiger charge is -2.28. The molecule has 0 bridgehead atoms. The third kappa shape index (κ3) is 10.9. The summed E-state index contributed by atoms with van der Waals surface area (Å²) in [6, 6.07) is -4.29. The van der Waals surface area contributed by atoms with Crippen LogP contribution in [-0.2, 0) is 24.0 Å². The highest BCUT2D eigenvalue weighted by Gasteiger charge is 2.33. The molecule has 33 heavy (non-hydrogen) atoms. The maximum Gasteiger partial charge on any atom is 0.326 e. The van der Waals surface area contributed by atoms with Crippen LogP contribution >= 0.6 is 11.8 Å². The van der Waals surface area contributed by atoms with Crippen LogP contribution in [0, 0.1) is 11.8 Å². The minimum absolute atomic E-state index is 0.0777. The Balaban J connectivity index is 5.56. The van der Waals surface area contributed by atoms with Crippen molar-refractivity contribution in [2.75, 3.05) is 12.0 Å². The quantitative estimate of drug-likeness (QED) is 0.168. The van der Waals surface area contributed by atoms with E-state index in [1.54, 1.807) is 6.92 Å². The Morgan fingerprint density at radius 2 is 1.42 bits per heavy atom. The van der Waals surface area contributed by atoms with Gasteiger partial charge in [0.25, 0.3) is 0 Å². The van der Waals surface area contributed by atoms with Crippen LogP contribution in [-0.4, -0.2) is 70.9 Å². The maximum absolute atomic E-state index is 13.0. The van der Waals surface area contributed by atoms with E-state index in [-0.39, 0.29) is 11.8 Å². The second-order valence-electron chi connectivity index (χ2n) is 8.20. The van der Waals surface area contributed by atoms with Crippen LogP contribution in [0.5, 0.6) is 0 Å². The summed E-state index contributed by atoms with van der Waals surface area (Å²) in [4.78, 5) is 60.9. The van der Waals surface area contributed by atoms with Crippen molar-refractivity contribution in [2.45, 2.75) is 77.5 Å². The Morgan fingerprint density at radius 3 is 1.88 bits per heavy atom. The lowest BCUT2D eigenvalue weighted by molar-refractivity contribution is -0.144. The van der Waals surface area contributed by atoms with Crippen LogP contribution in [0.4, 0.5) is 0 Å². The molecule has 0 aliphatic rings. The molecule has 0 rings (SSSR count). The van der Waals surface area contributed by atoms with Crippen LogP contribution in [0.25, 0.3) is 0 Å². The molecule has 4 amide bonds. The van der Waals surface area contributed by atoms with Gasteiger partial charge in [0, 0.05) is 0 Å². The van der Waals surface area contributed by atoms with Crippen molar-refractivity contribution in [3.63, 3.8) is 0 Å². The van der Waals surface area contributed by atoms with Crippen LogP contribution < -0.4 is 27.4 Å². The predicted octanol–water partition coefficient (Wildman–Crippen LogP) is -0.427. The van der Waals surface area contributed by atoms with E-state index >= 15 is 0 Å². The van der Waals surface area contributed by atoms with Gasteiger partial charge in [-0.05, 0) is 30.3 Å². The molecule has 0 aliphatic carbocycles. The Labute approximate surface area is 199 Å². The number of primary amides is 1. The molecule has 0 saturated heterocycles. The van der Waals surface area contributed by atoms with E-state index in [4.69, 9.17) is 11.5 Å². The first-order valence-corrected chi connectivity index (χ1v) is 12.4. The summed E-state index contributed by atoms with van der Waals surface area (Å²) in [5.41, 5.74) is 11.0. The van der Waals surface area contributed by atoms with Crippen LogP contribution in [0.2, 0.25) is 0 Å². The molecule has 0 aromatic heterocycles. The molecule has 0 aliphatic heterocycles. The highest BCUT2D eigenvalue weighted by Crippen LogP contribution is 2.11. The maximum atomic E-state index is 13.0. The fourth-order valence-electron chi connectivity index (χ4n) is 2.90. The zero-order valence-corrected chi connectivity index (χ0v) is 20.9. The van der Waals surface area contributed by atoms with Crippen molar-refractivity contribution in [1.29, 1.82) is 0 Å². The van der Waals surface area contributed by atoms with E-state index in [2.05, 4.69) is 16.0 Å². The second kappa shape index (κ2) is 15.5. The van der Waals surface area contributed by atoms with Gasteiger partial charge in [-0.3, -0.25) is 19.2 Å². The topological polar surface area (TPSA) is 194 Å². The van der Waals surface area contributed by atoms with Gasteiger partial charge in [-0.2, -0.15) is 11.8 Å². The number of carbonyl (C=O) groups excluding carboxylic acids is 4. The van der Waals surface area contributed by atoms with E-state index in [1.807, 2.05) is 27.0 Å². The molecule has 0 fully saturated rings. The molecule has 11 nitrogen and oxygen atoms in total. The highest BCUT2D eigenvalue weighted by atomic mass is 32.2. The molecule has 12 heteroatoms. The van der Waals surface area contributed by atoms with Crippen molar-refractivity contribution < 1.29 is 29.1 Å². The molecule has 6 atom stereocenters. The number of hydrogen-bond acceptors (Lipinski definition) is 7. The van der Waals surface area contributed by atoms with E-state index in [9.17, 15) is 29.1 Å². The van der Waals surface area contributed by atoms with Crippen molar-refractivity contribution in [3.05, 3.63) is 0 Å². The first-order valence-electron chi connectivity index (χ1n) is 11.1. The number of amides is 4. The van der Waals surface area contributed by atoms with Gasteiger partial charge < -0.3 is 32.5 Å². The molecular weight excluding hydrogens is 450 g/mol. The van der Waals surface area contributed by atoms with Gasteiger partial charge in [-0.1, -0.05) is 40.5 Å². The third-order valence-corrected chi connectivity index (χ3v) is 6.26. The fraction of sp³-hybridized carbons (Fsp3) is 0.762. The molecule has 0 aromatic carbocycles. The summed E-state index contributed by atoms with van der Waals surface area (Å²) in [6.45, 7) is 7.29. The molecule has 6 unspecified atom stereocenters. The van der Waals surface area contributed by atoms with Gasteiger partial charge in [0.15, 0.2) is 0 Å². The van der Waals surface area contributed by atoms with E-state index in [0.717, 1.165) is 0 Å². The summed E-state index contributed by atoms with van der Waals surface area (Å²) in [6.07, 6.45) is 2.81. The average Bonchev–Trinajstić information content (AvgIpc) is 2.76. The summed E-state index contributed by atoms with van der Waals surface area (Å²) >= 11 is 1.50. The monoisotopic (exact) mass is 489 g/mol. The second-order valence-corrected chi connectivity index (χ2v) is 9.18. The number of nitrogens with two attached hydrogens (primary N) is 2. The first-order chi connectivity index (χ1) is 15.4. The fourth-order valence-corrected chi connectivity index (χ4v) is 3.37. The van der Waals surface area contributed by atoms with Gasteiger partial charge in [-0.25, -0.2) is 4.79 Å². The van der Waals surface area contributed by atoms with Crippen molar-refractivity contribution in [1.82, 2.24) is 16.0 Å². The van der Waals surface area contributed by atoms with E-state index in [0.29, 0.717) is 25.0 Å². The molecule has 190 valence electrons. The largest absolute Gasteiger partial charge is 0.480 e. The Morgan fingerprint density at radius 1 is 0.879 bits per heavy atom. The van der Waals surface area contributed by atoms with Gasteiger partial charge in [0.2, 0.25) is 23.6 Å². The number of hydrogen-bond donors (Lipinski definition) is 6. The molecular formula is C21H39N5O6S. The Kier molecular flexibility index (Phi) is 14.4. The molecule has 0 saturated carbocycles. The number of nitrogens with one attached hydrogen (secondary N) is 3. The first kappa shape index (κ1) is 30.7. The normalized spacial score (nSPS) is 16.4. The van der Waals surface area contributed by atoms with Gasteiger partial charge in [-0.15, -0.1) is 0 Å². The summed E-state index contributed by atoms with van der Waals surface area (Å²) in [7, 11) is 0. The number of thioether (sulfide) groups is 1. The number of rotatable bonds is 16. The predicted molar refractivity (Wildman–Crippen MR) is 127 cm³/mol. The standard InChI is InChI=1S/C21H39N5O6S/c1-6-11(3)16(23)19(29)24-13(8-9-33-5)18(28)26-17(12(4)7-2)20(30)25-14(21(31)32)10-15(22)27/h11-14,16-17H,6-10,23H2,1-5H3,(H2,22,27)(H,24,29)(H,25,30)(H,26,28)(H,31,32). The third-order valence-electron chi connectivity index (χ3n) is 5.62. The minimum Gasteiger partial charge on any atom is -0.480 e. The van der Waals surface area contributed by atoms with Crippen molar-refractivity contribution in [2.24, 2.45) is 23.3 Å². The smallest absolute Gasteiger partial charge is 0.326 e. The van der Waals surface area contributed by atoms with E-state index in [1.165, 1.54) is 11.8 Å². The lowest BCUT2D eigenvalue weighted by atomic mass is 9.96. The SMILES string of the molecule is CCC(C)C(N)C(=O)NC(CCSC)C(=O)NC(C(=O)NC(CC(N)=O)C(=O)O)C(C)CC. The van der Waals surface area contributed by atoms with Crippen molar-refractivity contribution in [3.8, 4) is 0 Å². The van der Waals surface area contributed by atoms with Gasteiger partial charge in [0.1, 0.15) is 18.1 Å². The summed E-state index contributed by atoms with van der Waals surface area (Å²) in [5.74, 6) is -3.93. The zero-order chi connectivity index (χ0) is 25.7. The Bertz CT molecular complexity index is 692. The number of aliphatic carboxylic acids is 1. The Hall–Kier alpha value is -2.34. The molecule has 0 aromatic rings. The molecule has 0 spiro atoms. The minimum atomic E-state index is -1.51. The van der Waals surface area contributed by atoms with Crippen LogP contribution in [0.1, 0.15) is 53.4 Å². The number of carbonyl (C=O) groups is 5. The van der Waals surface area contributed by atoms with Gasteiger partial charge in [0.05, 0.1) is 12.5 Å². The number of carboxylic acid groups (broad SMARTS) is 1. The zero-order valence-electron chi connectivity index (χ0n) is 20.1. The van der Waals surface area contributed by atoms with Gasteiger partial charge >= 0.3 is 5.97 Å². The van der Waals surface area contributed by atoms with Crippen molar-refractivity contribution >= 4 is 41.4 Å².